The van der Waals surface area contributed by atoms with E-state index in [2.05, 4.69) is 4.98 Å². The van der Waals surface area contributed by atoms with Crippen molar-refractivity contribution in [1.29, 1.82) is 0 Å². The summed E-state index contributed by atoms with van der Waals surface area (Å²) < 4.78 is 78.9. The van der Waals surface area contributed by atoms with Gasteiger partial charge in [-0.3, -0.25) is 0 Å². The Hall–Kier alpha value is -1.76. The van der Waals surface area contributed by atoms with Crippen molar-refractivity contribution in [1.82, 2.24) is 4.98 Å². The van der Waals surface area contributed by atoms with Crippen LogP contribution in [0.2, 0.25) is 5.02 Å². The van der Waals surface area contributed by atoms with Crippen molar-refractivity contribution in [3.8, 4) is 11.1 Å². The molecule has 0 amide bonds. The van der Waals surface area contributed by atoms with E-state index >= 15 is 0 Å². The number of rotatable bonds is 1. The minimum Gasteiger partial charge on any atom is -0.227 e. The lowest BCUT2D eigenvalue weighted by molar-refractivity contribution is 0.381. The number of halogens is 7. The summed E-state index contributed by atoms with van der Waals surface area (Å²) in [6.07, 6.45) is 0.786. The summed E-state index contributed by atoms with van der Waals surface area (Å²) in [7, 11) is 0. The van der Waals surface area contributed by atoms with E-state index < -0.39 is 51.2 Å². The highest BCUT2D eigenvalue weighted by Crippen LogP contribution is 2.35. The zero-order chi connectivity index (χ0) is 14.3. The summed E-state index contributed by atoms with van der Waals surface area (Å²) in [6.45, 7) is 0. The average Bonchev–Trinajstić information content (AvgIpc) is 2.39. The number of hydrogen-bond acceptors (Lipinski definition) is 1. The van der Waals surface area contributed by atoms with Gasteiger partial charge in [0.05, 0.1) is 5.56 Å². The first-order valence-electron chi connectivity index (χ1n) is 4.68. The highest BCUT2D eigenvalue weighted by atomic mass is 35.5. The molecule has 0 bridgehead atoms. The van der Waals surface area contributed by atoms with Crippen LogP contribution in [0.15, 0.2) is 12.3 Å². The lowest BCUT2D eigenvalue weighted by Crippen LogP contribution is -2.04. The fraction of sp³-hybridized carbons (Fsp3) is 0. The van der Waals surface area contributed by atoms with Crippen LogP contribution in [0.3, 0.4) is 0 Å². The zero-order valence-electron chi connectivity index (χ0n) is 8.75. The summed E-state index contributed by atoms with van der Waals surface area (Å²) in [5.41, 5.74) is -1.98. The molecule has 0 radical (unpaired) electrons. The minimum absolute atomic E-state index is 0.679. The Morgan fingerprint density at radius 1 is 0.789 bits per heavy atom. The molecule has 0 fully saturated rings. The summed E-state index contributed by atoms with van der Waals surface area (Å²) in [6, 6.07) is 0.837. The van der Waals surface area contributed by atoms with Gasteiger partial charge in [-0.05, 0) is 6.07 Å². The molecule has 0 unspecified atom stereocenters. The molecule has 0 saturated carbocycles. The van der Waals surface area contributed by atoms with Crippen molar-refractivity contribution in [3.63, 3.8) is 0 Å². The Kier molecular flexibility index (Phi) is 3.40. The van der Waals surface area contributed by atoms with Gasteiger partial charge in [0.2, 0.25) is 11.8 Å². The third-order valence-corrected chi connectivity index (χ3v) is 2.69. The molecule has 1 heterocycles. The average molecular weight is 298 g/mol. The van der Waals surface area contributed by atoms with E-state index in [1.165, 1.54) is 0 Å². The molecule has 0 atom stereocenters. The monoisotopic (exact) mass is 297 g/mol. The van der Waals surface area contributed by atoms with Crippen molar-refractivity contribution in [3.05, 3.63) is 52.3 Å². The number of aromatic nitrogens is 1. The van der Waals surface area contributed by atoms with E-state index in [9.17, 15) is 26.3 Å². The third kappa shape index (κ3) is 2.03. The molecule has 0 aliphatic rings. The van der Waals surface area contributed by atoms with Crippen LogP contribution in [0.4, 0.5) is 26.3 Å². The summed E-state index contributed by atoms with van der Waals surface area (Å²) in [5.74, 6) is -12.1. The van der Waals surface area contributed by atoms with Gasteiger partial charge in [-0.1, -0.05) is 11.6 Å². The predicted octanol–water partition coefficient (Wildman–Crippen LogP) is 4.24. The molecule has 0 saturated heterocycles. The molecule has 0 N–H and O–H groups in total. The maximum Gasteiger partial charge on any atom is 0.232 e. The molecule has 100 valence electrons. The predicted molar refractivity (Wildman–Crippen MR) is 54.4 cm³/mol. The van der Waals surface area contributed by atoms with Crippen molar-refractivity contribution in [2.24, 2.45) is 0 Å². The van der Waals surface area contributed by atoms with Crippen LogP contribution in [0.5, 0.6) is 0 Å². The molecule has 0 spiro atoms. The maximum atomic E-state index is 13.5. The Labute approximate surface area is 107 Å². The van der Waals surface area contributed by atoms with Crippen molar-refractivity contribution >= 4 is 11.6 Å². The highest BCUT2D eigenvalue weighted by Gasteiger charge is 2.28. The standard InChI is InChI=1S/C11H2ClF6N/c12-5-3(1-2-19-11(5)18)4-6(13)8(15)10(17)9(16)7(4)14/h1-2H. The van der Waals surface area contributed by atoms with Crippen LogP contribution in [0.25, 0.3) is 11.1 Å². The first kappa shape index (κ1) is 13.7. The quantitative estimate of drug-likeness (QED) is 0.332. The van der Waals surface area contributed by atoms with Crippen molar-refractivity contribution in [2.45, 2.75) is 0 Å². The second-order valence-electron chi connectivity index (χ2n) is 3.41. The van der Waals surface area contributed by atoms with E-state index in [0.717, 1.165) is 12.3 Å². The number of pyridine rings is 1. The molecule has 2 rings (SSSR count). The Morgan fingerprint density at radius 2 is 1.26 bits per heavy atom. The van der Waals surface area contributed by atoms with E-state index in [-0.39, 0.29) is 0 Å². The van der Waals surface area contributed by atoms with Gasteiger partial charge in [0.25, 0.3) is 0 Å². The largest absolute Gasteiger partial charge is 0.232 e. The summed E-state index contributed by atoms with van der Waals surface area (Å²) in [5, 5.41) is -0.842. The molecule has 1 nitrogen and oxygen atoms in total. The van der Waals surface area contributed by atoms with Gasteiger partial charge < -0.3 is 0 Å². The van der Waals surface area contributed by atoms with Crippen molar-refractivity contribution < 1.29 is 26.3 Å². The zero-order valence-corrected chi connectivity index (χ0v) is 9.50. The SMILES string of the molecule is Fc1nccc(-c2c(F)c(F)c(F)c(F)c2F)c1Cl. The first-order valence-corrected chi connectivity index (χ1v) is 5.05. The lowest BCUT2D eigenvalue weighted by Gasteiger charge is -2.09. The molecular weight excluding hydrogens is 296 g/mol. The van der Waals surface area contributed by atoms with Crippen LogP contribution in [0.1, 0.15) is 0 Å². The molecular formula is C11H2ClF6N. The van der Waals surface area contributed by atoms with Crippen LogP contribution < -0.4 is 0 Å². The van der Waals surface area contributed by atoms with E-state index in [1.54, 1.807) is 0 Å². The smallest absolute Gasteiger partial charge is 0.227 e. The molecule has 0 aliphatic heterocycles. The highest BCUT2D eigenvalue weighted by molar-refractivity contribution is 6.33. The topological polar surface area (TPSA) is 12.9 Å². The first-order chi connectivity index (χ1) is 8.86. The van der Waals surface area contributed by atoms with Gasteiger partial charge in [-0.25, -0.2) is 26.9 Å². The Bertz CT molecular complexity index is 644. The minimum atomic E-state index is -2.30. The van der Waals surface area contributed by atoms with Gasteiger partial charge in [-0.15, -0.1) is 0 Å². The van der Waals surface area contributed by atoms with Gasteiger partial charge in [-0.2, -0.15) is 4.39 Å². The van der Waals surface area contributed by atoms with Crippen LogP contribution in [-0.2, 0) is 0 Å². The van der Waals surface area contributed by atoms with Crippen LogP contribution in [0, 0.1) is 35.0 Å². The second-order valence-corrected chi connectivity index (χ2v) is 3.79. The van der Waals surface area contributed by atoms with Crippen LogP contribution in [-0.4, -0.2) is 4.98 Å². The molecule has 0 aliphatic carbocycles. The molecule has 8 heteroatoms. The second kappa shape index (κ2) is 4.73. The summed E-state index contributed by atoms with van der Waals surface area (Å²) in [4.78, 5) is 3.08. The van der Waals surface area contributed by atoms with E-state index in [4.69, 9.17) is 11.6 Å². The van der Waals surface area contributed by atoms with E-state index in [1.807, 2.05) is 0 Å². The Balaban J connectivity index is 2.87. The molecule has 1 aromatic carbocycles. The fourth-order valence-corrected chi connectivity index (χ4v) is 1.66. The third-order valence-electron chi connectivity index (χ3n) is 2.33. The Morgan fingerprint density at radius 3 is 1.79 bits per heavy atom. The molecule has 1 aromatic heterocycles. The number of benzene rings is 1. The fourth-order valence-electron chi connectivity index (χ4n) is 1.45. The van der Waals surface area contributed by atoms with E-state index in [0.29, 0.717) is 0 Å². The lowest BCUT2D eigenvalue weighted by atomic mass is 10.0. The number of nitrogens with zero attached hydrogens (tertiary/aromatic N) is 1. The maximum absolute atomic E-state index is 13.5. The number of hydrogen-bond donors (Lipinski definition) is 0. The van der Waals surface area contributed by atoms with Crippen molar-refractivity contribution in [2.75, 3.05) is 0 Å². The van der Waals surface area contributed by atoms with Gasteiger partial charge in [0.15, 0.2) is 23.3 Å². The normalized spacial score (nSPS) is 10.9. The molecule has 2 aromatic rings. The summed E-state index contributed by atoms with van der Waals surface area (Å²) >= 11 is 5.41. The van der Waals surface area contributed by atoms with Crippen LogP contribution >= 0.6 is 11.6 Å². The molecule has 19 heavy (non-hydrogen) atoms. The van der Waals surface area contributed by atoms with Gasteiger partial charge in [0.1, 0.15) is 5.02 Å². The van der Waals surface area contributed by atoms with Gasteiger partial charge >= 0.3 is 0 Å². The van der Waals surface area contributed by atoms with Gasteiger partial charge in [0, 0.05) is 11.8 Å².